The van der Waals surface area contributed by atoms with Gasteiger partial charge < -0.3 is 15.6 Å². The quantitative estimate of drug-likeness (QED) is 0.432. The van der Waals surface area contributed by atoms with Gasteiger partial charge in [-0.3, -0.25) is 10.00 Å². The van der Waals surface area contributed by atoms with Crippen LogP contribution in [0.5, 0.6) is 0 Å². The summed E-state index contributed by atoms with van der Waals surface area (Å²) >= 11 is 0. The first kappa shape index (κ1) is 21.1. The van der Waals surface area contributed by atoms with Gasteiger partial charge in [0.15, 0.2) is 11.6 Å². The van der Waals surface area contributed by atoms with Gasteiger partial charge >= 0.3 is 0 Å². The standard InChI is InChI=1S/C22H31N9/c1-4-16-12-15(13-17(5-2)31(16)10-6-8-23)25-22-26-18-7-9-24-20(18)21(28-22)27-19-11-14(3)29-30-19/h7,9,11,15-17,24H,4-6,10,12-13H2,1-3H3,(H3,25,26,27,28,29,30). The highest BCUT2D eigenvalue weighted by molar-refractivity contribution is 5.88. The molecule has 0 amide bonds. The number of nitriles is 1. The van der Waals surface area contributed by atoms with Crippen LogP contribution in [0.3, 0.4) is 0 Å². The summed E-state index contributed by atoms with van der Waals surface area (Å²) in [5.74, 6) is 2.05. The summed E-state index contributed by atoms with van der Waals surface area (Å²) < 4.78 is 0. The minimum atomic E-state index is 0.296. The van der Waals surface area contributed by atoms with Crippen molar-refractivity contribution in [2.24, 2.45) is 0 Å². The first-order chi connectivity index (χ1) is 15.1. The maximum absolute atomic E-state index is 9.04. The molecule has 0 aliphatic carbocycles. The lowest BCUT2D eigenvalue weighted by atomic mass is 9.88. The van der Waals surface area contributed by atoms with Crippen molar-refractivity contribution in [2.75, 3.05) is 17.2 Å². The van der Waals surface area contributed by atoms with Crippen molar-refractivity contribution in [3.05, 3.63) is 24.0 Å². The zero-order valence-corrected chi connectivity index (χ0v) is 18.4. The number of hydrogen-bond donors (Lipinski definition) is 4. The number of aryl methyl sites for hydroxylation is 1. The van der Waals surface area contributed by atoms with Gasteiger partial charge in [-0.1, -0.05) is 13.8 Å². The first-order valence-electron chi connectivity index (χ1n) is 11.1. The van der Waals surface area contributed by atoms with Crippen molar-refractivity contribution >= 4 is 28.6 Å². The van der Waals surface area contributed by atoms with Crippen molar-refractivity contribution in [3.8, 4) is 6.07 Å². The van der Waals surface area contributed by atoms with Crippen LogP contribution in [0.15, 0.2) is 18.3 Å². The molecule has 31 heavy (non-hydrogen) atoms. The van der Waals surface area contributed by atoms with Crippen molar-refractivity contribution < 1.29 is 0 Å². The maximum Gasteiger partial charge on any atom is 0.225 e. The molecule has 0 saturated carbocycles. The number of piperidine rings is 1. The lowest BCUT2D eigenvalue weighted by Gasteiger charge is -2.45. The minimum absolute atomic E-state index is 0.296. The van der Waals surface area contributed by atoms with Crippen LogP contribution in [0.4, 0.5) is 17.6 Å². The number of likely N-dealkylation sites (tertiary alicyclic amines) is 1. The molecule has 1 aliphatic rings. The van der Waals surface area contributed by atoms with Gasteiger partial charge in [0.1, 0.15) is 5.52 Å². The maximum atomic E-state index is 9.04. The Hall–Kier alpha value is -3.12. The Bertz CT molecular complexity index is 1030. The fourth-order valence-corrected chi connectivity index (χ4v) is 4.67. The Morgan fingerprint density at radius 2 is 2.00 bits per heavy atom. The van der Waals surface area contributed by atoms with E-state index in [0.29, 0.717) is 36.3 Å². The van der Waals surface area contributed by atoms with Gasteiger partial charge in [0.25, 0.3) is 0 Å². The third kappa shape index (κ3) is 4.64. The molecule has 0 radical (unpaired) electrons. The van der Waals surface area contributed by atoms with E-state index in [9.17, 15) is 0 Å². The van der Waals surface area contributed by atoms with Crippen molar-refractivity contribution in [2.45, 2.75) is 71.0 Å². The number of nitrogens with zero attached hydrogens (tertiary/aromatic N) is 5. The third-order valence-corrected chi connectivity index (χ3v) is 6.17. The molecule has 164 valence electrons. The Morgan fingerprint density at radius 1 is 1.23 bits per heavy atom. The van der Waals surface area contributed by atoms with Crippen LogP contribution in [0.1, 0.15) is 51.6 Å². The zero-order chi connectivity index (χ0) is 21.8. The lowest BCUT2D eigenvalue weighted by molar-refractivity contribution is 0.0734. The van der Waals surface area contributed by atoms with Crippen LogP contribution in [0, 0.1) is 18.3 Å². The van der Waals surface area contributed by atoms with E-state index >= 15 is 0 Å². The molecule has 4 rings (SSSR count). The molecule has 0 spiro atoms. The molecule has 1 aliphatic heterocycles. The minimum Gasteiger partial charge on any atom is -0.357 e. The average Bonchev–Trinajstić information content (AvgIpc) is 3.40. The second kappa shape index (κ2) is 9.35. The summed E-state index contributed by atoms with van der Waals surface area (Å²) in [6.45, 7) is 7.28. The molecule has 1 saturated heterocycles. The molecule has 1 fully saturated rings. The second-order valence-electron chi connectivity index (χ2n) is 8.28. The fourth-order valence-electron chi connectivity index (χ4n) is 4.67. The molecule has 2 unspecified atom stereocenters. The van der Waals surface area contributed by atoms with Crippen LogP contribution < -0.4 is 10.6 Å². The highest BCUT2D eigenvalue weighted by Gasteiger charge is 2.33. The predicted octanol–water partition coefficient (Wildman–Crippen LogP) is 4.08. The molecule has 0 bridgehead atoms. The Morgan fingerprint density at radius 3 is 2.65 bits per heavy atom. The molecule has 2 atom stereocenters. The normalized spacial score (nSPS) is 21.8. The van der Waals surface area contributed by atoms with Crippen LogP contribution in [0.25, 0.3) is 11.0 Å². The number of hydrogen-bond acceptors (Lipinski definition) is 7. The van der Waals surface area contributed by atoms with Crippen LogP contribution in [-0.2, 0) is 0 Å². The largest absolute Gasteiger partial charge is 0.357 e. The van der Waals surface area contributed by atoms with E-state index in [0.717, 1.165) is 54.8 Å². The molecule has 9 heteroatoms. The molecule has 4 N–H and O–H groups in total. The number of aromatic amines is 2. The predicted molar refractivity (Wildman–Crippen MR) is 122 cm³/mol. The summed E-state index contributed by atoms with van der Waals surface area (Å²) in [6, 6.07) is 7.42. The number of rotatable bonds is 8. The number of H-pyrrole nitrogens is 2. The van der Waals surface area contributed by atoms with Gasteiger partial charge in [0.2, 0.25) is 5.95 Å². The Balaban J connectivity index is 1.54. The molecular weight excluding hydrogens is 390 g/mol. The average molecular weight is 422 g/mol. The van der Waals surface area contributed by atoms with Gasteiger partial charge in [-0.05, 0) is 38.7 Å². The van der Waals surface area contributed by atoms with E-state index in [4.69, 9.17) is 15.2 Å². The number of nitrogens with one attached hydrogen (secondary N) is 4. The third-order valence-electron chi connectivity index (χ3n) is 6.17. The summed E-state index contributed by atoms with van der Waals surface area (Å²) in [5, 5.41) is 23.2. The Kier molecular flexibility index (Phi) is 6.37. The molecular formula is C22H31N9. The molecule has 3 aromatic heterocycles. The highest BCUT2D eigenvalue weighted by atomic mass is 15.2. The van der Waals surface area contributed by atoms with Gasteiger partial charge in [-0.15, -0.1) is 0 Å². The van der Waals surface area contributed by atoms with Crippen molar-refractivity contribution in [1.82, 2.24) is 30.0 Å². The van der Waals surface area contributed by atoms with E-state index < -0.39 is 0 Å². The number of fused-ring (bicyclic) bond motifs is 1. The van der Waals surface area contributed by atoms with E-state index in [1.165, 1.54) is 0 Å². The van der Waals surface area contributed by atoms with Crippen LogP contribution in [0.2, 0.25) is 0 Å². The van der Waals surface area contributed by atoms with E-state index in [1.807, 2.05) is 25.3 Å². The summed E-state index contributed by atoms with van der Waals surface area (Å²) in [7, 11) is 0. The van der Waals surface area contributed by atoms with Crippen LogP contribution >= 0.6 is 0 Å². The van der Waals surface area contributed by atoms with E-state index in [2.05, 4.69) is 50.6 Å². The fraction of sp³-hybridized carbons (Fsp3) is 0.545. The summed E-state index contributed by atoms with van der Waals surface area (Å²) in [5.41, 5.74) is 2.70. The van der Waals surface area contributed by atoms with E-state index in [1.54, 1.807) is 0 Å². The SMILES string of the molecule is CCC1CC(Nc2nc(Nc3cc(C)[nH]n3)c3[nH]ccc3n2)CC(CC)N1CCC#N. The van der Waals surface area contributed by atoms with Gasteiger partial charge in [-0.25, -0.2) is 4.98 Å². The molecule has 4 heterocycles. The number of anilines is 3. The summed E-state index contributed by atoms with van der Waals surface area (Å²) in [4.78, 5) is 15.2. The highest BCUT2D eigenvalue weighted by Crippen LogP contribution is 2.30. The molecule has 3 aromatic rings. The zero-order valence-electron chi connectivity index (χ0n) is 18.4. The van der Waals surface area contributed by atoms with Gasteiger partial charge in [-0.2, -0.15) is 15.3 Å². The molecule has 0 aromatic carbocycles. The number of aromatic nitrogens is 5. The van der Waals surface area contributed by atoms with Crippen molar-refractivity contribution in [1.29, 1.82) is 5.26 Å². The van der Waals surface area contributed by atoms with Crippen molar-refractivity contribution in [3.63, 3.8) is 0 Å². The molecule has 9 nitrogen and oxygen atoms in total. The lowest BCUT2D eigenvalue weighted by Crippen LogP contribution is -2.52. The second-order valence-corrected chi connectivity index (χ2v) is 8.28. The van der Waals surface area contributed by atoms with Crippen LogP contribution in [-0.4, -0.2) is 54.7 Å². The van der Waals surface area contributed by atoms with E-state index in [-0.39, 0.29) is 0 Å². The monoisotopic (exact) mass is 421 g/mol. The summed E-state index contributed by atoms with van der Waals surface area (Å²) in [6.07, 6.45) is 6.65. The topological polar surface area (TPSA) is 121 Å². The smallest absolute Gasteiger partial charge is 0.225 e. The first-order valence-corrected chi connectivity index (χ1v) is 11.1. The van der Waals surface area contributed by atoms with Gasteiger partial charge in [0.05, 0.1) is 11.6 Å². The Labute approximate surface area is 182 Å². The van der Waals surface area contributed by atoms with Gasteiger partial charge in [0, 0.05) is 49.0 Å².